The molecule has 1 aromatic carbocycles. The first-order valence-corrected chi connectivity index (χ1v) is 6.51. The molecule has 0 saturated carbocycles. The highest BCUT2D eigenvalue weighted by atomic mass is 32.1. The topological polar surface area (TPSA) is 47.3 Å². The van der Waals surface area contributed by atoms with Gasteiger partial charge in [0.25, 0.3) is 0 Å². The lowest BCUT2D eigenvalue weighted by molar-refractivity contribution is -0.137. The maximum Gasteiger partial charge on any atom is 0.417 e. The average Bonchev–Trinajstić information content (AvgIpc) is 2.35. The molecule has 0 bridgehead atoms. The first-order valence-electron chi connectivity index (χ1n) is 6.11. The highest BCUT2D eigenvalue weighted by molar-refractivity contribution is 7.80. The van der Waals surface area contributed by atoms with Crippen LogP contribution in [0.5, 0.6) is 0 Å². The Bertz CT molecular complexity index is 477. The van der Waals surface area contributed by atoms with E-state index >= 15 is 0 Å². The molecule has 1 atom stereocenters. The van der Waals surface area contributed by atoms with Crippen LogP contribution >= 0.6 is 12.2 Å². The smallest absolute Gasteiger partial charge is 0.389 e. The molecule has 0 aliphatic rings. The maximum atomic E-state index is 13.0. The molecule has 0 radical (unpaired) electrons. The monoisotopic (exact) mass is 306 g/mol. The summed E-state index contributed by atoms with van der Waals surface area (Å²) in [6.45, 7) is 4.64. The van der Waals surface area contributed by atoms with Crippen LogP contribution in [0.2, 0.25) is 0 Å². The summed E-state index contributed by atoms with van der Waals surface area (Å²) in [7, 11) is 0. The molecule has 0 heterocycles. The molecule has 1 rings (SSSR count). The first-order chi connectivity index (χ1) is 9.25. The van der Waals surface area contributed by atoms with E-state index in [9.17, 15) is 13.2 Å². The number of rotatable bonds is 6. The molecule has 20 heavy (non-hydrogen) atoms. The Kier molecular flexibility index (Phi) is 5.76. The van der Waals surface area contributed by atoms with Gasteiger partial charge in [0, 0.05) is 23.9 Å². The summed E-state index contributed by atoms with van der Waals surface area (Å²) in [5, 5.41) is 2.95. The maximum absolute atomic E-state index is 13.0. The average molecular weight is 306 g/mol. The second kappa shape index (κ2) is 6.90. The molecular formula is C13H17F3N2OS. The van der Waals surface area contributed by atoms with Gasteiger partial charge in [0.2, 0.25) is 0 Å². The van der Waals surface area contributed by atoms with Gasteiger partial charge in [-0.15, -0.1) is 0 Å². The molecule has 3 nitrogen and oxygen atoms in total. The second-order valence-electron chi connectivity index (χ2n) is 4.33. The van der Waals surface area contributed by atoms with E-state index in [-0.39, 0.29) is 16.6 Å². The lowest BCUT2D eigenvalue weighted by Gasteiger charge is -2.18. The molecule has 1 aromatic rings. The zero-order valence-electron chi connectivity index (χ0n) is 11.3. The first kappa shape index (κ1) is 16.7. The van der Waals surface area contributed by atoms with Gasteiger partial charge in [0.05, 0.1) is 12.2 Å². The van der Waals surface area contributed by atoms with Crippen LogP contribution < -0.4 is 11.1 Å². The lowest BCUT2D eigenvalue weighted by Crippen LogP contribution is -2.23. The van der Waals surface area contributed by atoms with Crippen LogP contribution in [-0.2, 0) is 10.9 Å². The fourth-order valence-corrected chi connectivity index (χ4v) is 1.88. The molecule has 0 fully saturated rings. The van der Waals surface area contributed by atoms with Gasteiger partial charge in [-0.25, -0.2) is 0 Å². The van der Waals surface area contributed by atoms with Crippen molar-refractivity contribution in [1.82, 2.24) is 0 Å². The van der Waals surface area contributed by atoms with Crippen molar-refractivity contribution in [1.29, 1.82) is 0 Å². The molecule has 112 valence electrons. The molecule has 1 unspecified atom stereocenters. The molecule has 3 N–H and O–H groups in total. The van der Waals surface area contributed by atoms with E-state index in [1.54, 1.807) is 0 Å². The summed E-state index contributed by atoms with van der Waals surface area (Å²) < 4.78 is 44.1. The number of alkyl halides is 3. The number of halogens is 3. The summed E-state index contributed by atoms with van der Waals surface area (Å²) in [6, 6.07) is 3.70. The highest BCUT2D eigenvalue weighted by Crippen LogP contribution is 2.34. The largest absolute Gasteiger partial charge is 0.417 e. The summed E-state index contributed by atoms with van der Waals surface area (Å²) in [5.74, 6) is 0. The van der Waals surface area contributed by atoms with Gasteiger partial charge in [0.15, 0.2) is 0 Å². The minimum absolute atomic E-state index is 0.105. The van der Waals surface area contributed by atoms with Crippen molar-refractivity contribution in [2.75, 3.05) is 18.5 Å². The van der Waals surface area contributed by atoms with Crippen molar-refractivity contribution in [3.05, 3.63) is 29.3 Å². The third kappa shape index (κ3) is 4.64. The molecule has 0 aliphatic carbocycles. The molecule has 0 aromatic heterocycles. The predicted octanol–water partition coefficient (Wildman–Crippen LogP) is 3.18. The van der Waals surface area contributed by atoms with Crippen LogP contribution in [0.4, 0.5) is 18.9 Å². The number of nitrogens with one attached hydrogen (secondary N) is 1. The van der Waals surface area contributed by atoms with Gasteiger partial charge in [-0.05, 0) is 32.0 Å². The number of nitrogens with two attached hydrogens (primary N) is 1. The van der Waals surface area contributed by atoms with Gasteiger partial charge in [0.1, 0.15) is 4.99 Å². The lowest BCUT2D eigenvalue weighted by atomic mass is 10.1. The SMILES string of the molecule is CCOCC(C)Nc1ccc(C(N)=S)c(C(F)(F)F)c1. The Labute approximate surface area is 121 Å². The minimum atomic E-state index is -4.50. The van der Waals surface area contributed by atoms with E-state index < -0.39 is 11.7 Å². The Morgan fingerprint density at radius 3 is 2.60 bits per heavy atom. The molecule has 0 amide bonds. The van der Waals surface area contributed by atoms with Crippen LogP contribution in [0.3, 0.4) is 0 Å². The van der Waals surface area contributed by atoms with Gasteiger partial charge >= 0.3 is 6.18 Å². The third-order valence-corrected chi connectivity index (χ3v) is 2.80. The molecule has 0 spiro atoms. The van der Waals surface area contributed by atoms with Crippen molar-refractivity contribution >= 4 is 22.9 Å². The minimum Gasteiger partial charge on any atom is -0.389 e. The van der Waals surface area contributed by atoms with E-state index in [1.807, 2.05) is 13.8 Å². The Morgan fingerprint density at radius 1 is 1.45 bits per heavy atom. The highest BCUT2D eigenvalue weighted by Gasteiger charge is 2.34. The van der Waals surface area contributed by atoms with E-state index in [1.165, 1.54) is 12.1 Å². The Balaban J connectivity index is 2.98. The van der Waals surface area contributed by atoms with Crippen LogP contribution in [0.1, 0.15) is 25.0 Å². The molecular weight excluding hydrogens is 289 g/mol. The molecule has 0 saturated heterocycles. The molecule has 0 aliphatic heterocycles. The van der Waals surface area contributed by atoms with E-state index in [0.29, 0.717) is 18.9 Å². The number of hydrogen-bond acceptors (Lipinski definition) is 3. The third-order valence-electron chi connectivity index (χ3n) is 2.58. The summed E-state index contributed by atoms with van der Waals surface area (Å²) in [6.07, 6.45) is -4.50. The van der Waals surface area contributed by atoms with E-state index in [4.69, 9.17) is 10.5 Å². The number of benzene rings is 1. The second-order valence-corrected chi connectivity index (χ2v) is 4.77. The van der Waals surface area contributed by atoms with Crippen molar-refractivity contribution in [3.63, 3.8) is 0 Å². The number of hydrogen-bond donors (Lipinski definition) is 2. The Hall–Kier alpha value is -1.34. The van der Waals surface area contributed by atoms with Crippen molar-refractivity contribution in [3.8, 4) is 0 Å². The summed E-state index contributed by atoms with van der Waals surface area (Å²) in [4.78, 5) is -0.272. The van der Waals surface area contributed by atoms with Crippen LogP contribution in [0.15, 0.2) is 18.2 Å². The fraction of sp³-hybridized carbons (Fsp3) is 0.462. The number of anilines is 1. The van der Waals surface area contributed by atoms with Gasteiger partial charge in [-0.3, -0.25) is 0 Å². The number of thiocarbonyl (C=S) groups is 1. The van der Waals surface area contributed by atoms with Crippen LogP contribution in [-0.4, -0.2) is 24.2 Å². The predicted molar refractivity (Wildman–Crippen MR) is 76.9 cm³/mol. The zero-order chi connectivity index (χ0) is 15.3. The quantitative estimate of drug-likeness (QED) is 0.793. The van der Waals surface area contributed by atoms with Crippen LogP contribution in [0, 0.1) is 0 Å². The van der Waals surface area contributed by atoms with Crippen molar-refractivity contribution in [2.45, 2.75) is 26.1 Å². The number of ether oxygens (including phenoxy) is 1. The van der Waals surface area contributed by atoms with Crippen molar-refractivity contribution in [2.24, 2.45) is 5.73 Å². The van der Waals surface area contributed by atoms with Crippen molar-refractivity contribution < 1.29 is 17.9 Å². The molecule has 7 heteroatoms. The summed E-state index contributed by atoms with van der Waals surface area (Å²) in [5.41, 5.74) is 4.67. The van der Waals surface area contributed by atoms with Gasteiger partial charge in [-0.2, -0.15) is 13.2 Å². The Morgan fingerprint density at radius 2 is 2.10 bits per heavy atom. The van der Waals surface area contributed by atoms with E-state index in [2.05, 4.69) is 17.5 Å². The van der Waals surface area contributed by atoms with Gasteiger partial charge < -0.3 is 15.8 Å². The standard InChI is InChI=1S/C13H17F3N2OS/c1-3-19-7-8(2)18-9-4-5-10(12(17)20)11(6-9)13(14,15)16/h4-6,8,18H,3,7H2,1-2H3,(H2,17,20). The van der Waals surface area contributed by atoms with Gasteiger partial charge in [-0.1, -0.05) is 12.2 Å². The van der Waals surface area contributed by atoms with E-state index in [0.717, 1.165) is 6.07 Å². The normalized spacial score (nSPS) is 13.1. The summed E-state index contributed by atoms with van der Waals surface area (Å²) >= 11 is 4.64. The fourth-order valence-electron chi connectivity index (χ4n) is 1.70. The zero-order valence-corrected chi connectivity index (χ0v) is 12.1. The van der Waals surface area contributed by atoms with Crippen LogP contribution in [0.25, 0.3) is 0 Å².